The summed E-state index contributed by atoms with van der Waals surface area (Å²) in [5, 5.41) is 3.13. The van der Waals surface area contributed by atoms with Gasteiger partial charge in [0.1, 0.15) is 0 Å². The van der Waals surface area contributed by atoms with E-state index in [-0.39, 0.29) is 18.4 Å². The lowest BCUT2D eigenvalue weighted by molar-refractivity contribution is -0.130. The van der Waals surface area contributed by atoms with Crippen LogP contribution in [0.1, 0.15) is 10.4 Å². The number of rotatable bonds is 4. The van der Waals surface area contributed by atoms with E-state index in [2.05, 4.69) is 5.32 Å². The molecule has 0 aromatic heterocycles. The number of piperazine rings is 1. The molecule has 1 aliphatic rings. The van der Waals surface area contributed by atoms with Crippen molar-refractivity contribution in [2.24, 2.45) is 0 Å². The van der Waals surface area contributed by atoms with Crippen LogP contribution in [-0.2, 0) is 4.79 Å². The number of hydrogen-bond donors (Lipinski definition) is 1. The Morgan fingerprint density at radius 2 is 1.33 bits per heavy atom. The summed E-state index contributed by atoms with van der Waals surface area (Å²) in [5.74, 6) is 0.0933. The fraction of sp³-hybridized carbons (Fsp3) is 0.263. The van der Waals surface area contributed by atoms with Crippen molar-refractivity contribution in [3.63, 3.8) is 0 Å². The number of hydrogen-bond acceptors (Lipinski definition) is 3. The Labute approximate surface area is 141 Å². The first-order valence-corrected chi connectivity index (χ1v) is 8.15. The number of anilines is 1. The molecule has 1 saturated heterocycles. The Balaban J connectivity index is 1.48. The van der Waals surface area contributed by atoms with Crippen LogP contribution in [0.2, 0.25) is 0 Å². The van der Waals surface area contributed by atoms with Crippen LogP contribution < -0.4 is 5.32 Å². The molecular formula is C19H21N3O2. The second kappa shape index (κ2) is 7.64. The van der Waals surface area contributed by atoms with E-state index < -0.39 is 0 Å². The van der Waals surface area contributed by atoms with E-state index in [1.54, 1.807) is 0 Å². The highest BCUT2D eigenvalue weighted by Gasteiger charge is 2.24. The van der Waals surface area contributed by atoms with Crippen LogP contribution >= 0.6 is 0 Å². The van der Waals surface area contributed by atoms with Gasteiger partial charge in [0.2, 0.25) is 5.91 Å². The van der Waals surface area contributed by atoms with Crippen molar-refractivity contribution in [1.82, 2.24) is 9.80 Å². The summed E-state index contributed by atoms with van der Waals surface area (Å²) >= 11 is 0. The molecule has 5 heteroatoms. The minimum Gasteiger partial charge on any atom is -0.376 e. The van der Waals surface area contributed by atoms with E-state index in [4.69, 9.17) is 0 Å². The minimum absolute atomic E-state index is 0.0325. The molecule has 1 heterocycles. The predicted molar refractivity (Wildman–Crippen MR) is 93.9 cm³/mol. The summed E-state index contributed by atoms with van der Waals surface area (Å²) in [5.41, 5.74) is 1.63. The highest BCUT2D eigenvalue weighted by molar-refractivity contribution is 5.94. The summed E-state index contributed by atoms with van der Waals surface area (Å²) in [4.78, 5) is 28.3. The van der Waals surface area contributed by atoms with Crippen molar-refractivity contribution in [2.75, 3.05) is 38.0 Å². The van der Waals surface area contributed by atoms with Crippen molar-refractivity contribution in [2.45, 2.75) is 0 Å². The SMILES string of the molecule is O=C(CNc1ccccc1)N1CCN(C(=O)c2ccccc2)CC1. The molecule has 0 unspecified atom stereocenters. The van der Waals surface area contributed by atoms with Crippen LogP contribution in [0.15, 0.2) is 60.7 Å². The van der Waals surface area contributed by atoms with Crippen LogP contribution in [0.5, 0.6) is 0 Å². The van der Waals surface area contributed by atoms with E-state index in [9.17, 15) is 9.59 Å². The van der Waals surface area contributed by atoms with E-state index in [1.165, 1.54) is 0 Å². The molecule has 2 amide bonds. The third kappa shape index (κ3) is 3.93. The maximum absolute atomic E-state index is 12.4. The van der Waals surface area contributed by atoms with Gasteiger partial charge in [-0.25, -0.2) is 0 Å². The second-order valence-corrected chi connectivity index (χ2v) is 5.76. The number of carbonyl (C=O) groups excluding carboxylic acids is 2. The molecule has 124 valence electrons. The van der Waals surface area contributed by atoms with Gasteiger partial charge in [0, 0.05) is 37.4 Å². The predicted octanol–water partition coefficient (Wildman–Crippen LogP) is 2.08. The molecule has 3 rings (SSSR count). The molecule has 0 atom stereocenters. The zero-order valence-corrected chi connectivity index (χ0v) is 13.5. The normalized spacial score (nSPS) is 14.3. The molecule has 0 radical (unpaired) electrons. The first kappa shape index (κ1) is 16.1. The topological polar surface area (TPSA) is 52.7 Å². The minimum atomic E-state index is 0.0325. The Morgan fingerprint density at radius 3 is 1.96 bits per heavy atom. The fourth-order valence-electron chi connectivity index (χ4n) is 2.77. The molecular weight excluding hydrogens is 302 g/mol. The van der Waals surface area contributed by atoms with Gasteiger partial charge in [-0.15, -0.1) is 0 Å². The van der Waals surface area contributed by atoms with Crippen LogP contribution in [-0.4, -0.2) is 54.3 Å². The molecule has 0 bridgehead atoms. The molecule has 1 N–H and O–H groups in total. The third-order valence-corrected chi connectivity index (χ3v) is 4.16. The number of carbonyl (C=O) groups is 2. The van der Waals surface area contributed by atoms with Gasteiger partial charge >= 0.3 is 0 Å². The number of para-hydroxylation sites is 1. The molecule has 0 spiro atoms. The molecule has 5 nitrogen and oxygen atoms in total. The maximum atomic E-state index is 12.4. The molecule has 2 aromatic rings. The van der Waals surface area contributed by atoms with Crippen molar-refractivity contribution in [3.05, 3.63) is 66.2 Å². The summed E-state index contributed by atoms with van der Waals surface area (Å²) in [6.45, 7) is 2.58. The van der Waals surface area contributed by atoms with Crippen LogP contribution in [0.3, 0.4) is 0 Å². The number of benzene rings is 2. The maximum Gasteiger partial charge on any atom is 0.253 e. The van der Waals surface area contributed by atoms with Gasteiger partial charge < -0.3 is 15.1 Å². The first-order chi connectivity index (χ1) is 11.7. The third-order valence-electron chi connectivity index (χ3n) is 4.16. The summed E-state index contributed by atoms with van der Waals surface area (Å²) < 4.78 is 0. The Morgan fingerprint density at radius 1 is 0.792 bits per heavy atom. The number of amides is 2. The lowest BCUT2D eigenvalue weighted by atomic mass is 10.2. The zero-order chi connectivity index (χ0) is 16.8. The molecule has 1 aliphatic heterocycles. The average molecular weight is 323 g/mol. The summed E-state index contributed by atoms with van der Waals surface area (Å²) in [7, 11) is 0. The van der Waals surface area contributed by atoms with E-state index >= 15 is 0 Å². The largest absolute Gasteiger partial charge is 0.376 e. The average Bonchev–Trinajstić information content (AvgIpc) is 2.67. The Kier molecular flexibility index (Phi) is 5.11. The molecule has 24 heavy (non-hydrogen) atoms. The second-order valence-electron chi connectivity index (χ2n) is 5.76. The quantitative estimate of drug-likeness (QED) is 0.937. The Hall–Kier alpha value is -2.82. The highest BCUT2D eigenvalue weighted by atomic mass is 16.2. The van der Waals surface area contributed by atoms with E-state index in [1.807, 2.05) is 70.5 Å². The number of nitrogens with zero attached hydrogens (tertiary/aromatic N) is 2. The van der Waals surface area contributed by atoms with Gasteiger partial charge in [0.05, 0.1) is 6.54 Å². The summed E-state index contributed by atoms with van der Waals surface area (Å²) in [6, 6.07) is 18.9. The van der Waals surface area contributed by atoms with Gasteiger partial charge in [-0.3, -0.25) is 9.59 Å². The highest BCUT2D eigenvalue weighted by Crippen LogP contribution is 2.10. The van der Waals surface area contributed by atoms with E-state index in [0.29, 0.717) is 31.7 Å². The van der Waals surface area contributed by atoms with Crippen LogP contribution in [0.25, 0.3) is 0 Å². The lowest BCUT2D eigenvalue weighted by Gasteiger charge is -2.35. The van der Waals surface area contributed by atoms with Gasteiger partial charge in [-0.1, -0.05) is 36.4 Å². The monoisotopic (exact) mass is 323 g/mol. The zero-order valence-electron chi connectivity index (χ0n) is 13.5. The van der Waals surface area contributed by atoms with Gasteiger partial charge in [0.15, 0.2) is 0 Å². The summed E-state index contributed by atoms with van der Waals surface area (Å²) in [6.07, 6.45) is 0. The van der Waals surface area contributed by atoms with Gasteiger partial charge in [-0.2, -0.15) is 0 Å². The fourth-order valence-corrected chi connectivity index (χ4v) is 2.77. The molecule has 0 saturated carbocycles. The molecule has 0 aliphatic carbocycles. The molecule has 2 aromatic carbocycles. The van der Waals surface area contributed by atoms with Gasteiger partial charge in [-0.05, 0) is 24.3 Å². The van der Waals surface area contributed by atoms with Crippen molar-refractivity contribution >= 4 is 17.5 Å². The smallest absolute Gasteiger partial charge is 0.253 e. The van der Waals surface area contributed by atoms with Crippen molar-refractivity contribution < 1.29 is 9.59 Å². The van der Waals surface area contributed by atoms with E-state index in [0.717, 1.165) is 5.69 Å². The number of nitrogens with one attached hydrogen (secondary N) is 1. The molecule has 1 fully saturated rings. The first-order valence-electron chi connectivity index (χ1n) is 8.15. The van der Waals surface area contributed by atoms with Gasteiger partial charge in [0.25, 0.3) is 5.91 Å². The Bertz CT molecular complexity index is 680. The van der Waals surface area contributed by atoms with Crippen molar-refractivity contribution in [3.8, 4) is 0 Å². The van der Waals surface area contributed by atoms with Crippen molar-refractivity contribution in [1.29, 1.82) is 0 Å². The standard InChI is InChI=1S/C19H21N3O2/c23-18(15-20-17-9-5-2-6-10-17)21-11-13-22(14-12-21)19(24)16-7-3-1-4-8-16/h1-10,20H,11-15H2. The van der Waals surface area contributed by atoms with Crippen LogP contribution in [0.4, 0.5) is 5.69 Å². The van der Waals surface area contributed by atoms with Crippen LogP contribution in [0, 0.1) is 0 Å². The lowest BCUT2D eigenvalue weighted by Crippen LogP contribution is -2.51.